The van der Waals surface area contributed by atoms with E-state index in [0.717, 1.165) is 31.6 Å². The van der Waals surface area contributed by atoms with E-state index in [4.69, 9.17) is 4.74 Å². The number of rotatable bonds is 4. The Hall–Kier alpha value is -1.13. The minimum atomic E-state index is -0.263. The number of likely N-dealkylation sites (N-methyl/N-ethyl adjacent to an activating group) is 1. The Kier molecular flexibility index (Phi) is 4.55. The van der Waals surface area contributed by atoms with Gasteiger partial charge < -0.3 is 15.0 Å². The molecule has 0 amide bonds. The van der Waals surface area contributed by atoms with Crippen LogP contribution in [0.3, 0.4) is 0 Å². The summed E-state index contributed by atoms with van der Waals surface area (Å²) < 4.78 is 18.9. The normalized spacial score (nSPS) is 20.9. The van der Waals surface area contributed by atoms with E-state index in [1.807, 2.05) is 13.0 Å². The minimum absolute atomic E-state index is 0.263. The maximum absolute atomic E-state index is 13.7. The summed E-state index contributed by atoms with van der Waals surface area (Å²) in [5, 5.41) is 3.37. The van der Waals surface area contributed by atoms with Crippen molar-refractivity contribution in [2.45, 2.75) is 19.4 Å². The molecule has 1 aromatic carbocycles. The molecule has 1 saturated heterocycles. The fourth-order valence-electron chi connectivity index (χ4n) is 2.31. The molecule has 0 aliphatic carbocycles. The topological polar surface area (TPSA) is 24.5 Å². The smallest absolute Gasteiger partial charge is 0.165 e. The first kappa shape index (κ1) is 13.3. The Morgan fingerprint density at radius 3 is 3.00 bits per heavy atom. The van der Waals surface area contributed by atoms with Crippen molar-refractivity contribution in [3.63, 3.8) is 0 Å². The third-order valence-corrected chi connectivity index (χ3v) is 3.41. The van der Waals surface area contributed by atoms with Gasteiger partial charge in [0.05, 0.1) is 6.61 Å². The number of hydrogen-bond acceptors (Lipinski definition) is 3. The zero-order valence-electron chi connectivity index (χ0n) is 11.1. The van der Waals surface area contributed by atoms with Gasteiger partial charge in [-0.05, 0) is 38.1 Å². The monoisotopic (exact) mass is 252 g/mol. The van der Waals surface area contributed by atoms with E-state index >= 15 is 0 Å². The van der Waals surface area contributed by atoms with Crippen LogP contribution in [0.5, 0.6) is 5.75 Å². The average molecular weight is 252 g/mol. The molecule has 4 heteroatoms. The molecule has 0 saturated carbocycles. The molecule has 1 N–H and O–H groups in total. The highest BCUT2D eigenvalue weighted by Gasteiger charge is 2.19. The molecule has 0 spiro atoms. The quantitative estimate of drug-likeness (QED) is 0.882. The van der Waals surface area contributed by atoms with Crippen LogP contribution in [0.2, 0.25) is 0 Å². The van der Waals surface area contributed by atoms with Gasteiger partial charge in [0.25, 0.3) is 0 Å². The van der Waals surface area contributed by atoms with Crippen LogP contribution in [0.25, 0.3) is 0 Å². The van der Waals surface area contributed by atoms with E-state index in [1.54, 1.807) is 12.1 Å². The van der Waals surface area contributed by atoms with E-state index in [-0.39, 0.29) is 5.82 Å². The van der Waals surface area contributed by atoms with Crippen molar-refractivity contribution in [3.8, 4) is 5.75 Å². The van der Waals surface area contributed by atoms with E-state index < -0.39 is 0 Å². The molecule has 1 atom stereocenters. The maximum atomic E-state index is 13.7. The van der Waals surface area contributed by atoms with Crippen LogP contribution in [-0.4, -0.2) is 44.2 Å². The van der Waals surface area contributed by atoms with Gasteiger partial charge in [-0.1, -0.05) is 6.07 Å². The van der Waals surface area contributed by atoms with Gasteiger partial charge in [0.1, 0.15) is 0 Å². The Bertz CT molecular complexity index is 397. The van der Waals surface area contributed by atoms with Crippen LogP contribution in [0.4, 0.5) is 4.39 Å². The lowest BCUT2D eigenvalue weighted by Gasteiger charge is -2.33. The highest BCUT2D eigenvalue weighted by atomic mass is 19.1. The predicted molar refractivity (Wildman–Crippen MR) is 70.6 cm³/mol. The van der Waals surface area contributed by atoms with Crippen LogP contribution in [0.15, 0.2) is 18.2 Å². The zero-order chi connectivity index (χ0) is 13.0. The molecule has 0 bridgehead atoms. The Morgan fingerprint density at radius 1 is 1.50 bits per heavy atom. The van der Waals surface area contributed by atoms with Gasteiger partial charge in [-0.25, -0.2) is 4.39 Å². The first-order valence-corrected chi connectivity index (χ1v) is 6.53. The van der Waals surface area contributed by atoms with Crippen LogP contribution in [0.1, 0.15) is 12.5 Å². The predicted octanol–water partition coefficient (Wildman–Crippen LogP) is 1.67. The van der Waals surface area contributed by atoms with E-state index in [0.29, 0.717) is 18.4 Å². The number of ether oxygens (including phenoxy) is 1. The number of benzene rings is 1. The third-order valence-electron chi connectivity index (χ3n) is 3.41. The molecule has 3 nitrogen and oxygen atoms in total. The summed E-state index contributed by atoms with van der Waals surface area (Å²) in [6.07, 6.45) is 0.868. The summed E-state index contributed by atoms with van der Waals surface area (Å²) in [6, 6.07) is 5.71. The lowest BCUT2D eigenvalue weighted by Crippen LogP contribution is -2.50. The molecule has 1 aromatic rings. The van der Waals surface area contributed by atoms with Gasteiger partial charge in [0, 0.05) is 25.7 Å². The van der Waals surface area contributed by atoms with Gasteiger partial charge >= 0.3 is 0 Å². The van der Waals surface area contributed by atoms with Gasteiger partial charge in [-0.2, -0.15) is 0 Å². The number of halogens is 1. The molecule has 100 valence electrons. The lowest BCUT2D eigenvalue weighted by molar-refractivity contribution is 0.199. The molecule has 1 fully saturated rings. The van der Waals surface area contributed by atoms with Crippen molar-refractivity contribution in [2.24, 2.45) is 0 Å². The maximum Gasteiger partial charge on any atom is 0.165 e. The van der Waals surface area contributed by atoms with Crippen LogP contribution < -0.4 is 10.1 Å². The van der Waals surface area contributed by atoms with Gasteiger partial charge in [0.15, 0.2) is 11.6 Å². The summed E-state index contributed by atoms with van der Waals surface area (Å²) in [5.41, 5.74) is 1.02. The summed E-state index contributed by atoms with van der Waals surface area (Å²) in [6.45, 7) is 5.39. The third kappa shape index (κ3) is 3.21. The highest BCUT2D eigenvalue weighted by Crippen LogP contribution is 2.20. The van der Waals surface area contributed by atoms with E-state index in [1.165, 1.54) is 0 Å². The van der Waals surface area contributed by atoms with Crippen molar-refractivity contribution in [1.82, 2.24) is 10.2 Å². The second-order valence-corrected chi connectivity index (χ2v) is 4.74. The second-order valence-electron chi connectivity index (χ2n) is 4.74. The summed E-state index contributed by atoms with van der Waals surface area (Å²) in [4.78, 5) is 2.32. The Balaban J connectivity index is 2.02. The molecule has 0 aromatic heterocycles. The number of piperazine rings is 1. The second kappa shape index (κ2) is 6.16. The summed E-state index contributed by atoms with van der Waals surface area (Å²) in [5.74, 6) is 0.0807. The van der Waals surface area contributed by atoms with Crippen molar-refractivity contribution in [2.75, 3.05) is 33.3 Å². The average Bonchev–Trinajstić information content (AvgIpc) is 2.36. The van der Waals surface area contributed by atoms with Crippen molar-refractivity contribution in [3.05, 3.63) is 29.6 Å². The Labute approximate surface area is 108 Å². The Morgan fingerprint density at radius 2 is 2.33 bits per heavy atom. The first-order valence-electron chi connectivity index (χ1n) is 6.53. The zero-order valence-corrected chi connectivity index (χ0v) is 11.1. The fourth-order valence-corrected chi connectivity index (χ4v) is 2.31. The summed E-state index contributed by atoms with van der Waals surface area (Å²) in [7, 11) is 2.12. The van der Waals surface area contributed by atoms with E-state index in [9.17, 15) is 4.39 Å². The molecule has 2 rings (SSSR count). The van der Waals surface area contributed by atoms with Gasteiger partial charge in [-0.3, -0.25) is 0 Å². The molecule has 1 aliphatic heterocycles. The molecule has 18 heavy (non-hydrogen) atoms. The number of nitrogens with one attached hydrogen (secondary N) is 1. The van der Waals surface area contributed by atoms with Crippen molar-refractivity contribution >= 4 is 0 Å². The lowest BCUT2D eigenvalue weighted by atomic mass is 10.0. The largest absolute Gasteiger partial charge is 0.491 e. The highest BCUT2D eigenvalue weighted by molar-refractivity contribution is 5.30. The first-order chi connectivity index (χ1) is 8.70. The van der Waals surface area contributed by atoms with Gasteiger partial charge in [0.2, 0.25) is 0 Å². The molecule has 0 radical (unpaired) electrons. The summed E-state index contributed by atoms with van der Waals surface area (Å²) >= 11 is 0. The fraction of sp³-hybridized carbons (Fsp3) is 0.571. The van der Waals surface area contributed by atoms with Crippen molar-refractivity contribution in [1.29, 1.82) is 0 Å². The van der Waals surface area contributed by atoms with Crippen LogP contribution in [-0.2, 0) is 6.42 Å². The number of nitrogens with zero attached hydrogens (tertiary/aromatic N) is 1. The minimum Gasteiger partial charge on any atom is -0.491 e. The molecular weight excluding hydrogens is 231 g/mol. The van der Waals surface area contributed by atoms with E-state index in [2.05, 4.69) is 17.3 Å². The molecule has 1 heterocycles. The number of hydrogen-bond donors (Lipinski definition) is 1. The molecular formula is C14H21FN2O. The van der Waals surface area contributed by atoms with Crippen LogP contribution >= 0.6 is 0 Å². The van der Waals surface area contributed by atoms with Gasteiger partial charge in [-0.15, -0.1) is 0 Å². The van der Waals surface area contributed by atoms with Crippen LogP contribution in [0, 0.1) is 5.82 Å². The SMILES string of the molecule is CCOc1ccc(CC2CNCCN2C)cc1F. The standard InChI is InChI=1S/C14H21FN2O/c1-3-18-14-5-4-11(9-13(14)15)8-12-10-16-6-7-17(12)2/h4-5,9,12,16H,3,6-8,10H2,1-2H3. The molecule has 1 aliphatic rings. The molecule has 1 unspecified atom stereocenters. The van der Waals surface area contributed by atoms with Crippen molar-refractivity contribution < 1.29 is 9.13 Å².